The molecule has 2 rings (SSSR count). The van der Waals surface area contributed by atoms with Gasteiger partial charge < -0.3 is 15.0 Å². The Hall–Kier alpha value is -2.04. The summed E-state index contributed by atoms with van der Waals surface area (Å²) in [7, 11) is 1.62. The molecule has 0 spiro atoms. The van der Waals surface area contributed by atoms with Gasteiger partial charge in [-0.15, -0.1) is 0 Å². The second-order valence-electron chi connectivity index (χ2n) is 6.50. The Morgan fingerprint density at radius 3 is 2.67 bits per heavy atom. The number of hydrogen-bond acceptors (Lipinski definition) is 3. The summed E-state index contributed by atoms with van der Waals surface area (Å²) in [5, 5.41) is 3.10. The summed E-state index contributed by atoms with van der Waals surface area (Å²) in [4.78, 5) is 26.3. The molecular formula is C19H28N2O3. The van der Waals surface area contributed by atoms with Crippen molar-refractivity contribution in [2.75, 3.05) is 20.2 Å². The number of rotatable bonds is 6. The molecule has 5 nitrogen and oxygen atoms in total. The fourth-order valence-electron chi connectivity index (χ4n) is 2.87. The maximum atomic E-state index is 12.4. The highest BCUT2D eigenvalue weighted by Crippen LogP contribution is 2.16. The zero-order valence-corrected chi connectivity index (χ0v) is 14.9. The topological polar surface area (TPSA) is 58.6 Å². The molecule has 0 unspecified atom stereocenters. The Bertz CT molecular complexity index is 565. The highest BCUT2D eigenvalue weighted by atomic mass is 16.5. The van der Waals surface area contributed by atoms with Gasteiger partial charge in [0, 0.05) is 25.0 Å². The van der Waals surface area contributed by atoms with E-state index in [0.29, 0.717) is 19.5 Å². The van der Waals surface area contributed by atoms with Crippen LogP contribution in [0.1, 0.15) is 38.7 Å². The first-order valence-corrected chi connectivity index (χ1v) is 8.74. The van der Waals surface area contributed by atoms with Crippen LogP contribution in [0.3, 0.4) is 0 Å². The van der Waals surface area contributed by atoms with Gasteiger partial charge in [-0.25, -0.2) is 0 Å². The summed E-state index contributed by atoms with van der Waals surface area (Å²) in [5.41, 5.74) is 0.964. The van der Waals surface area contributed by atoms with Crippen molar-refractivity contribution < 1.29 is 14.3 Å². The maximum absolute atomic E-state index is 12.4. The van der Waals surface area contributed by atoms with Crippen molar-refractivity contribution in [3.63, 3.8) is 0 Å². The third kappa shape index (κ3) is 4.98. The Morgan fingerprint density at radius 2 is 2.04 bits per heavy atom. The fraction of sp³-hybridized carbons (Fsp3) is 0.579. The highest BCUT2D eigenvalue weighted by Gasteiger charge is 2.24. The Morgan fingerprint density at radius 1 is 1.33 bits per heavy atom. The van der Waals surface area contributed by atoms with Crippen molar-refractivity contribution in [3.05, 3.63) is 29.8 Å². The van der Waals surface area contributed by atoms with Crippen LogP contribution in [-0.4, -0.2) is 43.0 Å². The van der Waals surface area contributed by atoms with E-state index in [2.05, 4.69) is 5.32 Å². The van der Waals surface area contributed by atoms with E-state index >= 15 is 0 Å². The van der Waals surface area contributed by atoms with E-state index in [9.17, 15) is 9.59 Å². The quantitative estimate of drug-likeness (QED) is 0.870. The van der Waals surface area contributed by atoms with Gasteiger partial charge in [-0.3, -0.25) is 9.59 Å². The second-order valence-corrected chi connectivity index (χ2v) is 6.50. The summed E-state index contributed by atoms with van der Waals surface area (Å²) in [6.07, 6.45) is 2.89. The Balaban J connectivity index is 1.81. The number of nitrogens with zero attached hydrogens (tertiary/aromatic N) is 1. The molecule has 24 heavy (non-hydrogen) atoms. The molecule has 1 aliphatic rings. The highest BCUT2D eigenvalue weighted by molar-refractivity contribution is 5.79. The predicted octanol–water partition coefficient (Wildman–Crippen LogP) is 2.39. The van der Waals surface area contributed by atoms with Gasteiger partial charge in [0.2, 0.25) is 11.8 Å². The molecular weight excluding hydrogens is 304 g/mol. The van der Waals surface area contributed by atoms with E-state index in [4.69, 9.17) is 4.74 Å². The lowest BCUT2D eigenvalue weighted by molar-refractivity contribution is -0.131. The summed E-state index contributed by atoms with van der Waals surface area (Å²) in [6, 6.07) is 7.81. The van der Waals surface area contributed by atoms with Gasteiger partial charge >= 0.3 is 0 Å². The number of benzene rings is 1. The van der Waals surface area contributed by atoms with Gasteiger partial charge in [0.25, 0.3) is 0 Å². The fourth-order valence-corrected chi connectivity index (χ4v) is 2.87. The lowest BCUT2D eigenvalue weighted by Gasteiger charge is -2.33. The molecule has 1 aromatic rings. The number of piperidine rings is 1. The second kappa shape index (κ2) is 8.71. The van der Waals surface area contributed by atoms with E-state index in [1.54, 1.807) is 7.11 Å². The molecule has 0 aromatic heterocycles. The average Bonchev–Trinajstić information content (AvgIpc) is 2.61. The molecule has 1 aliphatic heterocycles. The Kier molecular flexibility index (Phi) is 6.64. The third-order valence-corrected chi connectivity index (χ3v) is 4.74. The van der Waals surface area contributed by atoms with Gasteiger partial charge in [0.15, 0.2) is 0 Å². The average molecular weight is 332 g/mol. The predicted molar refractivity (Wildman–Crippen MR) is 93.9 cm³/mol. The summed E-state index contributed by atoms with van der Waals surface area (Å²) in [6.45, 7) is 5.37. The molecule has 1 fully saturated rings. The van der Waals surface area contributed by atoms with Crippen LogP contribution in [0.25, 0.3) is 0 Å². The van der Waals surface area contributed by atoms with Crippen molar-refractivity contribution in [1.82, 2.24) is 10.2 Å². The van der Waals surface area contributed by atoms with Gasteiger partial charge in [0.05, 0.1) is 13.5 Å². The normalized spacial score (nSPS) is 16.5. The zero-order valence-electron chi connectivity index (χ0n) is 14.9. The van der Waals surface area contributed by atoms with Gasteiger partial charge in [-0.2, -0.15) is 0 Å². The molecule has 132 valence electrons. The van der Waals surface area contributed by atoms with Crippen molar-refractivity contribution in [1.29, 1.82) is 0 Å². The van der Waals surface area contributed by atoms with Crippen LogP contribution in [0.5, 0.6) is 5.75 Å². The van der Waals surface area contributed by atoms with Gasteiger partial charge in [-0.05, 0) is 37.0 Å². The number of carbonyl (C=O) groups is 2. The SMILES string of the molecule is CC[C@H](C)C(=O)NC1CCN(C(=O)Cc2cccc(OC)c2)CC1. The lowest BCUT2D eigenvalue weighted by atomic mass is 10.0. The minimum absolute atomic E-state index is 0.0534. The van der Waals surface area contributed by atoms with Crippen LogP contribution in [0, 0.1) is 5.92 Å². The van der Waals surface area contributed by atoms with E-state index in [1.807, 2.05) is 43.0 Å². The van der Waals surface area contributed by atoms with Crippen molar-refractivity contribution in [2.45, 2.75) is 45.6 Å². The molecule has 5 heteroatoms. The molecule has 0 radical (unpaired) electrons. The van der Waals surface area contributed by atoms with Crippen LogP contribution in [0.15, 0.2) is 24.3 Å². The van der Waals surface area contributed by atoms with Crippen molar-refractivity contribution >= 4 is 11.8 Å². The zero-order chi connectivity index (χ0) is 17.5. The minimum atomic E-state index is 0.0534. The lowest BCUT2D eigenvalue weighted by Crippen LogP contribution is -2.47. The summed E-state index contributed by atoms with van der Waals surface area (Å²) < 4.78 is 5.20. The first-order valence-electron chi connectivity index (χ1n) is 8.74. The van der Waals surface area contributed by atoms with Crippen LogP contribution < -0.4 is 10.1 Å². The Labute approximate surface area is 144 Å². The van der Waals surface area contributed by atoms with E-state index < -0.39 is 0 Å². The van der Waals surface area contributed by atoms with Crippen molar-refractivity contribution in [3.8, 4) is 5.75 Å². The van der Waals surface area contributed by atoms with Crippen LogP contribution in [0.4, 0.5) is 0 Å². The standard InChI is InChI=1S/C19H28N2O3/c1-4-14(2)19(23)20-16-8-10-21(11-9-16)18(22)13-15-6-5-7-17(12-15)24-3/h5-7,12,14,16H,4,8-11,13H2,1-3H3,(H,20,23)/t14-/m0/s1. The molecule has 0 saturated carbocycles. The maximum Gasteiger partial charge on any atom is 0.226 e. The largest absolute Gasteiger partial charge is 0.497 e. The van der Waals surface area contributed by atoms with Crippen LogP contribution in [0.2, 0.25) is 0 Å². The number of methoxy groups -OCH3 is 1. The molecule has 1 aromatic carbocycles. The molecule has 1 saturated heterocycles. The molecule has 1 heterocycles. The number of nitrogens with one attached hydrogen (secondary N) is 1. The van der Waals surface area contributed by atoms with Crippen molar-refractivity contribution in [2.24, 2.45) is 5.92 Å². The number of likely N-dealkylation sites (tertiary alicyclic amines) is 1. The summed E-state index contributed by atoms with van der Waals surface area (Å²) >= 11 is 0. The summed E-state index contributed by atoms with van der Waals surface area (Å²) in [5.74, 6) is 1.08. The number of amides is 2. The van der Waals surface area contributed by atoms with Gasteiger partial charge in [-0.1, -0.05) is 26.0 Å². The number of carbonyl (C=O) groups excluding carboxylic acids is 2. The molecule has 0 bridgehead atoms. The number of ether oxygens (including phenoxy) is 1. The third-order valence-electron chi connectivity index (χ3n) is 4.74. The van der Waals surface area contributed by atoms with E-state index in [-0.39, 0.29) is 23.8 Å². The minimum Gasteiger partial charge on any atom is -0.497 e. The number of hydrogen-bond donors (Lipinski definition) is 1. The smallest absolute Gasteiger partial charge is 0.226 e. The first-order chi connectivity index (χ1) is 11.5. The molecule has 1 N–H and O–H groups in total. The van der Waals surface area contributed by atoms with Crippen LogP contribution >= 0.6 is 0 Å². The van der Waals surface area contributed by atoms with Crippen LogP contribution in [-0.2, 0) is 16.0 Å². The van der Waals surface area contributed by atoms with E-state index in [1.165, 1.54) is 0 Å². The molecule has 1 atom stereocenters. The van der Waals surface area contributed by atoms with E-state index in [0.717, 1.165) is 30.6 Å². The first kappa shape index (κ1) is 18.3. The van der Waals surface area contributed by atoms with Gasteiger partial charge in [0.1, 0.15) is 5.75 Å². The molecule has 0 aliphatic carbocycles. The monoisotopic (exact) mass is 332 g/mol. The molecule has 2 amide bonds.